The van der Waals surface area contributed by atoms with Gasteiger partial charge in [-0.1, -0.05) is 89.9 Å². The number of rotatable bonds is 8. The van der Waals surface area contributed by atoms with Crippen LogP contribution in [0.3, 0.4) is 0 Å². The number of benzene rings is 1. The molecule has 0 bridgehead atoms. The molecule has 1 aromatic carbocycles. The number of aliphatic hydroxyl groups is 1. The van der Waals surface area contributed by atoms with Crippen LogP contribution < -0.4 is 5.32 Å². The van der Waals surface area contributed by atoms with E-state index in [1.165, 1.54) is 36.0 Å². The average Bonchev–Trinajstić information content (AvgIpc) is 3.42. The molecule has 0 spiro atoms. The van der Waals surface area contributed by atoms with Gasteiger partial charge in [0.05, 0.1) is 12.0 Å². The standard InChI is InChI=1S/C49H70ClNO4/c1-30(2)41-37(52)27-49(40(53)29-51-28-31-11-17-34(50)18-12-31)26-25-47(9)36(42(41)49)19-20-39-46(8)23-21-35(45(6,7)38(46)22-24-48(39,47)10)32-13-15-33(16-14-32)43(54)55-44(3,4)5/h11-13,17-18,21,30,33,36,38-40,51,53H,14-16,19-20,22-29H2,1-10H3/t33?,36-,38+,39-,40?,46+,47-,48-,49+/m1/s1. The smallest absolute Gasteiger partial charge is 0.309 e. The number of aliphatic hydroxyl groups excluding tert-OH is 1. The topological polar surface area (TPSA) is 75.6 Å². The molecule has 0 heterocycles. The van der Waals surface area contributed by atoms with E-state index in [2.05, 4.69) is 65.9 Å². The van der Waals surface area contributed by atoms with E-state index in [-0.39, 0.29) is 45.2 Å². The van der Waals surface area contributed by atoms with Gasteiger partial charge in [-0.05, 0) is 165 Å². The summed E-state index contributed by atoms with van der Waals surface area (Å²) in [5.41, 5.74) is 5.98. The minimum atomic E-state index is -0.616. The second kappa shape index (κ2) is 14.3. The Labute approximate surface area is 337 Å². The maximum atomic E-state index is 14.1. The van der Waals surface area contributed by atoms with Gasteiger partial charge in [-0.3, -0.25) is 9.59 Å². The Morgan fingerprint density at radius 2 is 1.65 bits per heavy atom. The fourth-order valence-corrected chi connectivity index (χ4v) is 14.2. The van der Waals surface area contributed by atoms with Crippen LogP contribution in [-0.2, 0) is 20.9 Å². The number of fused-ring (bicyclic) bond motifs is 7. The first-order valence-corrected chi connectivity index (χ1v) is 22.1. The van der Waals surface area contributed by atoms with Gasteiger partial charge >= 0.3 is 5.97 Å². The summed E-state index contributed by atoms with van der Waals surface area (Å²) in [6.45, 7) is 24.3. The summed E-state index contributed by atoms with van der Waals surface area (Å²) in [5.74, 6) is 1.80. The van der Waals surface area contributed by atoms with Gasteiger partial charge in [0, 0.05) is 29.9 Å². The van der Waals surface area contributed by atoms with E-state index in [1.807, 2.05) is 45.0 Å². The highest BCUT2D eigenvalue weighted by Crippen LogP contribution is 2.77. The number of hydrogen-bond donors (Lipinski definition) is 2. The Bertz CT molecular complexity index is 1780. The lowest BCUT2D eigenvalue weighted by Gasteiger charge is -2.71. The van der Waals surface area contributed by atoms with Crippen LogP contribution in [0.25, 0.3) is 0 Å². The quantitative estimate of drug-likeness (QED) is 0.257. The van der Waals surface area contributed by atoms with Crippen LogP contribution in [0.2, 0.25) is 5.02 Å². The molecule has 6 aliphatic rings. The van der Waals surface area contributed by atoms with E-state index in [1.54, 1.807) is 0 Å². The highest BCUT2D eigenvalue weighted by molar-refractivity contribution is 6.30. The largest absolute Gasteiger partial charge is 0.460 e. The Kier molecular flexibility index (Phi) is 10.6. The van der Waals surface area contributed by atoms with Gasteiger partial charge in [0.1, 0.15) is 5.60 Å². The van der Waals surface area contributed by atoms with Crippen LogP contribution in [0.5, 0.6) is 0 Å². The van der Waals surface area contributed by atoms with Crippen LogP contribution in [-0.4, -0.2) is 35.1 Å². The molecule has 3 fully saturated rings. The zero-order valence-corrected chi connectivity index (χ0v) is 36.4. The lowest BCUT2D eigenvalue weighted by atomic mass is 9.33. The molecular weight excluding hydrogens is 702 g/mol. The molecule has 55 heavy (non-hydrogen) atoms. The third-order valence-electron chi connectivity index (χ3n) is 16.8. The number of hydrogen-bond acceptors (Lipinski definition) is 5. The zero-order chi connectivity index (χ0) is 39.9. The summed E-state index contributed by atoms with van der Waals surface area (Å²) in [6.07, 6.45) is 15.1. The molecule has 2 unspecified atom stereocenters. The van der Waals surface area contributed by atoms with Crippen LogP contribution in [0, 0.1) is 56.7 Å². The maximum Gasteiger partial charge on any atom is 0.309 e. The van der Waals surface area contributed by atoms with Crippen LogP contribution in [0.15, 0.2) is 58.7 Å². The Hall–Kier alpha value is -2.21. The SMILES string of the molecule is CC(C)C1=C2[C@H]3CC[C@@H]4[C@@]5(C)CC=C(C6=CCC(C(=O)OC(C)(C)C)CC6)C(C)(C)[C@@H]5CC[C@@]4(C)[C@]3(C)CC[C@@]2(C(O)CNCc2ccc(Cl)cc2)CC1=O. The summed E-state index contributed by atoms with van der Waals surface area (Å²) in [6, 6.07) is 7.88. The zero-order valence-electron chi connectivity index (χ0n) is 35.7. The first-order chi connectivity index (χ1) is 25.7. The summed E-state index contributed by atoms with van der Waals surface area (Å²) >= 11 is 6.13. The number of carbonyl (C=O) groups is 2. The van der Waals surface area contributed by atoms with Crippen molar-refractivity contribution in [1.29, 1.82) is 0 Å². The molecule has 1 aromatic rings. The van der Waals surface area contributed by atoms with Crippen LogP contribution >= 0.6 is 11.6 Å². The van der Waals surface area contributed by atoms with Crippen molar-refractivity contribution in [3.05, 3.63) is 69.3 Å². The Morgan fingerprint density at radius 3 is 2.29 bits per heavy atom. The molecule has 302 valence electrons. The molecule has 0 aliphatic heterocycles. The molecule has 0 aromatic heterocycles. The van der Waals surface area contributed by atoms with Crippen molar-refractivity contribution in [3.63, 3.8) is 0 Å². The first kappa shape index (κ1) is 41.0. The number of carbonyl (C=O) groups excluding carboxylic acids is 2. The van der Waals surface area contributed by atoms with Gasteiger partial charge in [-0.25, -0.2) is 0 Å². The van der Waals surface area contributed by atoms with E-state index < -0.39 is 17.1 Å². The number of ether oxygens (including phenoxy) is 1. The van der Waals surface area contributed by atoms with Crippen molar-refractivity contribution >= 4 is 23.4 Å². The first-order valence-electron chi connectivity index (χ1n) is 21.7. The maximum absolute atomic E-state index is 14.1. The molecule has 3 saturated carbocycles. The molecule has 6 heteroatoms. The molecule has 0 amide bonds. The van der Waals surface area contributed by atoms with E-state index in [4.69, 9.17) is 16.3 Å². The normalized spacial score (nSPS) is 37.7. The third kappa shape index (κ3) is 6.67. The average molecular weight is 773 g/mol. The molecule has 7 rings (SSSR count). The van der Waals surface area contributed by atoms with E-state index in [9.17, 15) is 14.7 Å². The number of ketones is 1. The molecule has 6 aliphatic carbocycles. The monoisotopic (exact) mass is 771 g/mol. The second-order valence-electron chi connectivity index (χ2n) is 21.4. The van der Waals surface area contributed by atoms with E-state index in [0.29, 0.717) is 37.3 Å². The Morgan fingerprint density at radius 1 is 0.945 bits per heavy atom. The van der Waals surface area contributed by atoms with Gasteiger partial charge in [0.2, 0.25) is 0 Å². The lowest BCUT2D eigenvalue weighted by Crippen LogP contribution is -2.64. The molecule has 0 radical (unpaired) electrons. The van der Waals surface area contributed by atoms with Crippen molar-refractivity contribution in [1.82, 2.24) is 5.32 Å². The number of esters is 1. The minimum Gasteiger partial charge on any atom is -0.460 e. The fourth-order valence-electron chi connectivity index (χ4n) is 14.1. The van der Waals surface area contributed by atoms with Gasteiger partial charge < -0.3 is 15.2 Å². The molecule has 5 nitrogen and oxygen atoms in total. The van der Waals surface area contributed by atoms with Crippen LogP contribution in [0.1, 0.15) is 145 Å². The van der Waals surface area contributed by atoms with Gasteiger partial charge in [-0.15, -0.1) is 0 Å². The predicted octanol–water partition coefficient (Wildman–Crippen LogP) is 11.4. The Balaban J connectivity index is 1.15. The van der Waals surface area contributed by atoms with Crippen molar-refractivity contribution in [3.8, 4) is 0 Å². The molecule has 2 N–H and O–H groups in total. The number of allylic oxidation sites excluding steroid dienone is 5. The minimum absolute atomic E-state index is 0.0469. The van der Waals surface area contributed by atoms with Crippen LogP contribution in [0.4, 0.5) is 0 Å². The third-order valence-corrected chi connectivity index (χ3v) is 17.0. The summed E-state index contributed by atoms with van der Waals surface area (Å²) in [4.78, 5) is 27.0. The molecule has 9 atom stereocenters. The number of halogens is 1. The highest BCUT2D eigenvalue weighted by atomic mass is 35.5. The second-order valence-corrected chi connectivity index (χ2v) is 21.8. The van der Waals surface area contributed by atoms with Crippen molar-refractivity contribution in [2.75, 3.05) is 6.54 Å². The predicted molar refractivity (Wildman–Crippen MR) is 223 cm³/mol. The van der Waals surface area contributed by atoms with Crippen molar-refractivity contribution in [2.45, 2.75) is 158 Å². The highest BCUT2D eigenvalue weighted by Gasteiger charge is 2.70. The molecule has 0 saturated heterocycles. The summed E-state index contributed by atoms with van der Waals surface area (Å²) in [7, 11) is 0. The number of nitrogens with one attached hydrogen (secondary N) is 1. The lowest BCUT2D eigenvalue weighted by molar-refractivity contribution is -0.202. The van der Waals surface area contributed by atoms with Gasteiger partial charge in [0.25, 0.3) is 0 Å². The van der Waals surface area contributed by atoms with Crippen molar-refractivity contribution < 1.29 is 19.4 Å². The molecular formula is C49H70ClNO4. The summed E-state index contributed by atoms with van der Waals surface area (Å²) in [5, 5.41) is 16.5. The fraction of sp³-hybridized carbons (Fsp3) is 0.714. The number of Topliss-reactive ketones (excluding diaryl/α,β-unsaturated/α-hetero) is 1. The van der Waals surface area contributed by atoms with Crippen molar-refractivity contribution in [2.24, 2.45) is 56.7 Å². The van der Waals surface area contributed by atoms with Gasteiger partial charge in [-0.2, -0.15) is 0 Å². The van der Waals surface area contributed by atoms with Gasteiger partial charge in [0.15, 0.2) is 5.78 Å². The summed E-state index contributed by atoms with van der Waals surface area (Å²) < 4.78 is 5.76. The van der Waals surface area contributed by atoms with E-state index in [0.717, 1.165) is 61.1 Å². The van der Waals surface area contributed by atoms with E-state index >= 15 is 0 Å².